The Bertz CT molecular complexity index is 1560. The van der Waals surface area contributed by atoms with Gasteiger partial charge >= 0.3 is 0 Å². The van der Waals surface area contributed by atoms with Gasteiger partial charge < -0.3 is 5.11 Å². The standard InChI is InChI=1S/C37H36N4O/c1-25-21-30(22-26(2)36(25)40-19-15-32-9-5-7-17-38-32)35(29-11-13-34(42)14-12-29)31-23-27(3)37(28(4)24-31)41-20-16-33-10-6-8-18-39-33/h5-14,17-24,35,42H,15-16H2,1-4H3. The molecule has 2 heterocycles. The Morgan fingerprint density at radius 3 is 1.40 bits per heavy atom. The Labute approximate surface area is 248 Å². The number of aromatic nitrogens is 2. The predicted octanol–water partition coefficient (Wildman–Crippen LogP) is 8.49. The number of nitrogens with zero attached hydrogens (tertiary/aromatic N) is 4. The molecule has 0 saturated carbocycles. The molecule has 5 nitrogen and oxygen atoms in total. The third-order valence-corrected chi connectivity index (χ3v) is 7.41. The minimum Gasteiger partial charge on any atom is -0.508 e. The zero-order valence-electron chi connectivity index (χ0n) is 24.6. The van der Waals surface area contributed by atoms with Gasteiger partial charge in [-0.2, -0.15) is 0 Å². The number of pyridine rings is 2. The van der Waals surface area contributed by atoms with E-state index in [2.05, 4.69) is 61.9 Å². The Hall–Kier alpha value is -4.90. The van der Waals surface area contributed by atoms with E-state index in [1.165, 1.54) is 11.1 Å². The van der Waals surface area contributed by atoms with Crippen molar-refractivity contribution < 1.29 is 5.11 Å². The number of benzene rings is 3. The molecule has 0 fully saturated rings. The molecular weight excluding hydrogens is 516 g/mol. The zero-order chi connectivity index (χ0) is 29.5. The lowest BCUT2D eigenvalue weighted by Gasteiger charge is -2.23. The van der Waals surface area contributed by atoms with Crippen molar-refractivity contribution in [3.05, 3.63) is 148 Å². The van der Waals surface area contributed by atoms with E-state index in [4.69, 9.17) is 9.98 Å². The summed E-state index contributed by atoms with van der Waals surface area (Å²) >= 11 is 0. The lowest BCUT2D eigenvalue weighted by molar-refractivity contribution is 0.475. The summed E-state index contributed by atoms with van der Waals surface area (Å²) in [6.45, 7) is 8.48. The molecule has 0 unspecified atom stereocenters. The maximum atomic E-state index is 10.0. The number of aryl methyl sites for hydroxylation is 4. The van der Waals surface area contributed by atoms with Crippen LogP contribution >= 0.6 is 0 Å². The molecule has 0 saturated heterocycles. The van der Waals surface area contributed by atoms with Gasteiger partial charge in [0.15, 0.2) is 0 Å². The first kappa shape index (κ1) is 28.6. The summed E-state index contributed by atoms with van der Waals surface area (Å²) < 4.78 is 0. The molecule has 0 aliphatic carbocycles. The summed E-state index contributed by atoms with van der Waals surface area (Å²) in [6.07, 6.45) is 8.87. The normalized spacial score (nSPS) is 12.3. The topological polar surface area (TPSA) is 70.7 Å². The van der Waals surface area contributed by atoms with E-state index < -0.39 is 0 Å². The second-order valence-electron chi connectivity index (χ2n) is 10.7. The van der Waals surface area contributed by atoms with E-state index in [0.717, 1.165) is 50.6 Å². The van der Waals surface area contributed by atoms with Gasteiger partial charge in [0.05, 0.1) is 11.4 Å². The van der Waals surface area contributed by atoms with E-state index >= 15 is 0 Å². The average Bonchev–Trinajstić information content (AvgIpc) is 2.98. The number of rotatable bonds is 9. The SMILES string of the molecule is Cc1cc(C(c2ccc(O)cc2)c2cc(C)c(N=CCc3ccccn3)c(C)c2)cc(C)c1N=CCc1ccccn1. The van der Waals surface area contributed by atoms with Gasteiger partial charge in [0.25, 0.3) is 0 Å². The first-order chi connectivity index (χ1) is 20.4. The molecule has 1 N–H and O–H groups in total. The molecule has 5 rings (SSSR count). The van der Waals surface area contributed by atoms with Crippen molar-refractivity contribution in [2.24, 2.45) is 9.98 Å². The maximum Gasteiger partial charge on any atom is 0.115 e. The largest absolute Gasteiger partial charge is 0.508 e. The van der Waals surface area contributed by atoms with Crippen LogP contribution in [0.3, 0.4) is 0 Å². The van der Waals surface area contributed by atoms with Crippen LogP contribution in [0.25, 0.3) is 0 Å². The first-order valence-corrected chi connectivity index (χ1v) is 14.2. The molecule has 0 radical (unpaired) electrons. The monoisotopic (exact) mass is 552 g/mol. The molecule has 5 aromatic rings. The summed E-state index contributed by atoms with van der Waals surface area (Å²) in [4.78, 5) is 18.5. The Balaban J connectivity index is 1.48. The van der Waals surface area contributed by atoms with Crippen molar-refractivity contribution in [1.29, 1.82) is 0 Å². The van der Waals surface area contributed by atoms with Gasteiger partial charge in [-0.15, -0.1) is 0 Å². The molecule has 42 heavy (non-hydrogen) atoms. The molecule has 0 aliphatic rings. The fourth-order valence-electron chi connectivity index (χ4n) is 5.46. The number of phenolic OH excluding ortho intramolecular Hbond substituents is 1. The highest BCUT2D eigenvalue weighted by Gasteiger charge is 2.21. The van der Waals surface area contributed by atoms with Crippen LogP contribution in [0.5, 0.6) is 5.75 Å². The highest BCUT2D eigenvalue weighted by Crippen LogP contribution is 2.39. The van der Waals surface area contributed by atoms with Gasteiger partial charge in [-0.3, -0.25) is 20.0 Å². The molecule has 0 atom stereocenters. The van der Waals surface area contributed by atoms with Crippen molar-refractivity contribution in [1.82, 2.24) is 9.97 Å². The van der Waals surface area contributed by atoms with E-state index in [9.17, 15) is 5.11 Å². The van der Waals surface area contributed by atoms with Gasteiger partial charge in [-0.1, -0.05) is 48.5 Å². The first-order valence-electron chi connectivity index (χ1n) is 14.2. The van der Waals surface area contributed by atoms with Crippen molar-refractivity contribution in [2.75, 3.05) is 0 Å². The van der Waals surface area contributed by atoms with Crippen LogP contribution in [0.1, 0.15) is 56.2 Å². The number of aliphatic imine (C=N–C) groups is 2. The number of phenols is 1. The molecular formula is C37H36N4O. The summed E-state index contributed by atoms with van der Waals surface area (Å²) in [5.41, 5.74) is 11.9. The van der Waals surface area contributed by atoms with Crippen LogP contribution in [-0.4, -0.2) is 27.5 Å². The predicted molar refractivity (Wildman–Crippen MR) is 173 cm³/mol. The molecule has 0 amide bonds. The van der Waals surface area contributed by atoms with Crippen LogP contribution in [0.4, 0.5) is 11.4 Å². The molecule has 210 valence electrons. The van der Waals surface area contributed by atoms with Crippen LogP contribution in [0, 0.1) is 27.7 Å². The van der Waals surface area contributed by atoms with Gasteiger partial charge in [0.2, 0.25) is 0 Å². The lowest BCUT2D eigenvalue weighted by atomic mass is 9.82. The van der Waals surface area contributed by atoms with Crippen molar-refractivity contribution >= 4 is 23.8 Å². The molecule has 3 aromatic carbocycles. The van der Waals surface area contributed by atoms with Crippen LogP contribution < -0.4 is 0 Å². The minimum atomic E-state index is -0.0153. The summed E-state index contributed by atoms with van der Waals surface area (Å²) in [5, 5.41) is 10.0. The average molecular weight is 553 g/mol. The highest BCUT2D eigenvalue weighted by molar-refractivity contribution is 5.71. The molecule has 0 spiro atoms. The number of hydrogen-bond acceptors (Lipinski definition) is 5. The minimum absolute atomic E-state index is 0.0153. The zero-order valence-corrected chi connectivity index (χ0v) is 24.6. The summed E-state index contributed by atoms with van der Waals surface area (Å²) in [5.74, 6) is 0.242. The Morgan fingerprint density at radius 2 is 1.02 bits per heavy atom. The third-order valence-electron chi connectivity index (χ3n) is 7.41. The van der Waals surface area contributed by atoms with Gasteiger partial charge in [0.1, 0.15) is 5.75 Å². The van der Waals surface area contributed by atoms with Gasteiger partial charge in [-0.25, -0.2) is 0 Å². The van der Waals surface area contributed by atoms with Gasteiger partial charge in [0, 0.05) is 55.0 Å². The molecule has 5 heteroatoms. The van der Waals surface area contributed by atoms with E-state index in [1.54, 1.807) is 12.1 Å². The number of hydrogen-bond donors (Lipinski definition) is 1. The Morgan fingerprint density at radius 1 is 0.595 bits per heavy atom. The van der Waals surface area contributed by atoms with Gasteiger partial charge in [-0.05, 0) is 103 Å². The lowest BCUT2D eigenvalue weighted by Crippen LogP contribution is -2.06. The molecule has 0 aliphatic heterocycles. The maximum absolute atomic E-state index is 10.0. The van der Waals surface area contributed by atoms with Crippen LogP contribution in [-0.2, 0) is 12.8 Å². The summed E-state index contributed by atoms with van der Waals surface area (Å²) in [7, 11) is 0. The van der Waals surface area contributed by atoms with Crippen molar-refractivity contribution in [3.8, 4) is 5.75 Å². The molecule has 0 bridgehead atoms. The second-order valence-corrected chi connectivity index (χ2v) is 10.7. The summed E-state index contributed by atoms with van der Waals surface area (Å²) in [6, 6.07) is 28.3. The molecule has 2 aromatic heterocycles. The van der Waals surface area contributed by atoms with Crippen LogP contribution in [0.2, 0.25) is 0 Å². The fourth-order valence-corrected chi connectivity index (χ4v) is 5.46. The van der Waals surface area contributed by atoms with Crippen molar-refractivity contribution in [2.45, 2.75) is 46.5 Å². The number of aromatic hydroxyl groups is 1. The highest BCUT2D eigenvalue weighted by atomic mass is 16.3. The van der Waals surface area contributed by atoms with E-state index in [-0.39, 0.29) is 11.7 Å². The van der Waals surface area contributed by atoms with Crippen LogP contribution in [0.15, 0.2) is 107 Å². The van der Waals surface area contributed by atoms with E-state index in [1.807, 2.05) is 73.4 Å². The third kappa shape index (κ3) is 6.87. The van der Waals surface area contributed by atoms with E-state index in [0.29, 0.717) is 12.8 Å². The quantitative estimate of drug-likeness (QED) is 0.147. The van der Waals surface area contributed by atoms with Crippen molar-refractivity contribution in [3.63, 3.8) is 0 Å². The smallest absolute Gasteiger partial charge is 0.115 e. The second kappa shape index (κ2) is 13.2. The Kier molecular flexibility index (Phi) is 8.98. The fraction of sp³-hybridized carbons (Fsp3) is 0.189.